The van der Waals surface area contributed by atoms with Crippen LogP contribution in [0.25, 0.3) is 6.08 Å². The van der Waals surface area contributed by atoms with Crippen molar-refractivity contribution in [2.75, 3.05) is 7.11 Å². The average Bonchev–Trinajstić information content (AvgIpc) is 2.26. The Hall–Kier alpha value is -1.90. The van der Waals surface area contributed by atoms with Crippen molar-refractivity contribution in [3.8, 4) is 0 Å². The molecule has 78 valence electrons. The largest absolute Gasteiger partial charge is 0.466 e. The van der Waals surface area contributed by atoms with Gasteiger partial charge in [0, 0.05) is 6.08 Å². The number of allylic oxidation sites excluding steroid dienone is 2. The second-order valence-corrected chi connectivity index (χ2v) is 2.79. The number of carbonyl (C=O) groups is 1. The summed E-state index contributed by atoms with van der Waals surface area (Å²) in [7, 11) is 1.32. The Morgan fingerprint density at radius 2 is 1.93 bits per heavy atom. The summed E-state index contributed by atoms with van der Waals surface area (Å²) < 4.78 is 16.9. The summed E-state index contributed by atoms with van der Waals surface area (Å²) >= 11 is 0. The molecule has 1 aromatic carbocycles. The molecule has 2 nitrogen and oxygen atoms in total. The second kappa shape index (κ2) is 5.75. The van der Waals surface area contributed by atoms with Crippen molar-refractivity contribution in [3.05, 3.63) is 53.9 Å². The van der Waals surface area contributed by atoms with E-state index in [1.807, 2.05) is 0 Å². The number of halogens is 1. The quantitative estimate of drug-likeness (QED) is 0.431. The standard InChI is InChI=1S/C12H11FO2/c1-15-12(14)5-3-2-4-10-6-8-11(13)9-7-10/h2-9H,1H3/b4-2+,5-3-. The first-order valence-electron chi connectivity index (χ1n) is 4.40. The van der Waals surface area contributed by atoms with Crippen LogP contribution in [0.3, 0.4) is 0 Å². The highest BCUT2D eigenvalue weighted by Gasteiger charge is 1.88. The van der Waals surface area contributed by atoms with E-state index in [0.717, 1.165) is 5.56 Å². The number of benzene rings is 1. The van der Waals surface area contributed by atoms with Gasteiger partial charge in [-0.25, -0.2) is 9.18 Å². The monoisotopic (exact) mass is 206 g/mol. The summed E-state index contributed by atoms with van der Waals surface area (Å²) in [5.74, 6) is -0.670. The Labute approximate surface area is 87.7 Å². The molecule has 0 aliphatic carbocycles. The molecule has 0 saturated carbocycles. The predicted octanol–water partition coefficient (Wildman–Crippen LogP) is 2.57. The van der Waals surface area contributed by atoms with Crippen LogP contribution in [0.5, 0.6) is 0 Å². The number of hydrogen-bond donors (Lipinski definition) is 0. The molecule has 0 unspecified atom stereocenters. The van der Waals surface area contributed by atoms with Gasteiger partial charge >= 0.3 is 5.97 Å². The van der Waals surface area contributed by atoms with Crippen LogP contribution in [0, 0.1) is 5.82 Å². The van der Waals surface area contributed by atoms with Crippen molar-refractivity contribution in [2.24, 2.45) is 0 Å². The van der Waals surface area contributed by atoms with Gasteiger partial charge in [0.25, 0.3) is 0 Å². The Balaban J connectivity index is 2.55. The Morgan fingerprint density at radius 3 is 2.53 bits per heavy atom. The molecule has 0 atom stereocenters. The third kappa shape index (κ3) is 4.22. The van der Waals surface area contributed by atoms with Gasteiger partial charge in [0.1, 0.15) is 5.82 Å². The second-order valence-electron chi connectivity index (χ2n) is 2.79. The molecule has 0 heterocycles. The molecule has 0 aromatic heterocycles. The number of hydrogen-bond acceptors (Lipinski definition) is 2. The van der Waals surface area contributed by atoms with Crippen LogP contribution < -0.4 is 0 Å². The summed E-state index contributed by atoms with van der Waals surface area (Å²) in [6.07, 6.45) is 6.32. The van der Waals surface area contributed by atoms with E-state index in [2.05, 4.69) is 4.74 Å². The Bertz CT molecular complexity index is 377. The maximum atomic E-state index is 12.5. The van der Waals surface area contributed by atoms with Gasteiger partial charge in [-0.1, -0.05) is 30.4 Å². The molecule has 3 heteroatoms. The SMILES string of the molecule is COC(=O)/C=C\C=C\c1ccc(F)cc1. The molecular weight excluding hydrogens is 195 g/mol. The van der Waals surface area contributed by atoms with Gasteiger partial charge in [-0.05, 0) is 17.7 Å². The van der Waals surface area contributed by atoms with Gasteiger partial charge in [-0.3, -0.25) is 0 Å². The first kappa shape index (κ1) is 11.2. The van der Waals surface area contributed by atoms with Crippen LogP contribution in [0.1, 0.15) is 5.56 Å². The molecule has 0 fully saturated rings. The lowest BCUT2D eigenvalue weighted by atomic mass is 10.2. The van der Waals surface area contributed by atoms with Crippen molar-refractivity contribution in [1.82, 2.24) is 0 Å². The molecule has 0 amide bonds. The van der Waals surface area contributed by atoms with Gasteiger partial charge in [-0.2, -0.15) is 0 Å². The first-order chi connectivity index (χ1) is 7.22. The minimum atomic E-state index is -0.404. The van der Waals surface area contributed by atoms with E-state index >= 15 is 0 Å². The lowest BCUT2D eigenvalue weighted by Crippen LogP contribution is -1.92. The zero-order valence-corrected chi connectivity index (χ0v) is 8.31. The van der Waals surface area contributed by atoms with Gasteiger partial charge in [0.15, 0.2) is 0 Å². The van der Waals surface area contributed by atoms with Crippen molar-refractivity contribution >= 4 is 12.0 Å². The molecule has 1 aromatic rings. The maximum Gasteiger partial charge on any atom is 0.330 e. The van der Waals surface area contributed by atoms with Gasteiger partial charge in [-0.15, -0.1) is 0 Å². The third-order valence-corrected chi connectivity index (χ3v) is 1.70. The number of carbonyl (C=O) groups excluding carboxylic acids is 1. The van der Waals surface area contributed by atoms with Gasteiger partial charge in [0.2, 0.25) is 0 Å². The van der Waals surface area contributed by atoms with Crippen molar-refractivity contribution in [3.63, 3.8) is 0 Å². The Morgan fingerprint density at radius 1 is 1.27 bits per heavy atom. The highest BCUT2D eigenvalue weighted by atomic mass is 19.1. The third-order valence-electron chi connectivity index (χ3n) is 1.70. The lowest BCUT2D eigenvalue weighted by molar-refractivity contribution is -0.134. The molecule has 0 N–H and O–H groups in total. The molecule has 0 bridgehead atoms. The lowest BCUT2D eigenvalue weighted by Gasteiger charge is -1.91. The molecular formula is C12H11FO2. The van der Waals surface area contributed by atoms with Crippen LogP contribution in [0.2, 0.25) is 0 Å². The molecule has 0 radical (unpaired) electrons. The molecule has 0 aliphatic heterocycles. The van der Waals surface area contributed by atoms with E-state index in [1.54, 1.807) is 30.4 Å². The summed E-state index contributed by atoms with van der Waals surface area (Å²) in [6, 6.07) is 6.06. The molecule has 0 spiro atoms. The molecule has 0 saturated heterocycles. The van der Waals surface area contributed by atoms with E-state index in [0.29, 0.717) is 0 Å². The highest BCUT2D eigenvalue weighted by Crippen LogP contribution is 2.04. The topological polar surface area (TPSA) is 26.3 Å². The maximum absolute atomic E-state index is 12.5. The smallest absolute Gasteiger partial charge is 0.330 e. The predicted molar refractivity (Wildman–Crippen MR) is 56.6 cm³/mol. The fraction of sp³-hybridized carbons (Fsp3) is 0.0833. The van der Waals surface area contributed by atoms with Crippen molar-refractivity contribution < 1.29 is 13.9 Å². The van der Waals surface area contributed by atoms with Crippen LogP contribution in [-0.4, -0.2) is 13.1 Å². The summed E-state index contributed by atoms with van der Waals surface area (Å²) in [5, 5.41) is 0. The van der Waals surface area contributed by atoms with Crippen LogP contribution in [0.15, 0.2) is 42.5 Å². The first-order valence-corrected chi connectivity index (χ1v) is 4.40. The van der Waals surface area contributed by atoms with Gasteiger partial charge in [0.05, 0.1) is 7.11 Å². The summed E-state index contributed by atoms with van der Waals surface area (Å²) in [5.41, 5.74) is 0.867. The minimum Gasteiger partial charge on any atom is -0.466 e. The van der Waals surface area contributed by atoms with Gasteiger partial charge < -0.3 is 4.74 Å². The van der Waals surface area contributed by atoms with E-state index in [1.165, 1.54) is 25.3 Å². The minimum absolute atomic E-state index is 0.266. The van der Waals surface area contributed by atoms with Crippen LogP contribution in [-0.2, 0) is 9.53 Å². The van der Waals surface area contributed by atoms with Crippen LogP contribution >= 0.6 is 0 Å². The Kier molecular flexibility index (Phi) is 4.29. The van der Waals surface area contributed by atoms with Crippen molar-refractivity contribution in [1.29, 1.82) is 0 Å². The number of methoxy groups -OCH3 is 1. The highest BCUT2D eigenvalue weighted by molar-refractivity contribution is 5.82. The number of esters is 1. The van der Waals surface area contributed by atoms with E-state index in [9.17, 15) is 9.18 Å². The molecule has 0 aliphatic rings. The fourth-order valence-electron chi connectivity index (χ4n) is 0.943. The zero-order valence-electron chi connectivity index (χ0n) is 8.31. The van der Waals surface area contributed by atoms with E-state index in [4.69, 9.17) is 0 Å². The van der Waals surface area contributed by atoms with E-state index < -0.39 is 5.97 Å². The number of rotatable bonds is 3. The fourth-order valence-corrected chi connectivity index (χ4v) is 0.943. The molecule has 15 heavy (non-hydrogen) atoms. The summed E-state index contributed by atoms with van der Waals surface area (Å²) in [4.78, 5) is 10.7. The normalized spacial score (nSPS) is 11.1. The zero-order chi connectivity index (χ0) is 11.1. The van der Waals surface area contributed by atoms with E-state index in [-0.39, 0.29) is 5.82 Å². The van der Waals surface area contributed by atoms with Crippen LogP contribution in [0.4, 0.5) is 4.39 Å². The molecule has 1 rings (SSSR count). The number of ether oxygens (including phenoxy) is 1. The summed E-state index contributed by atoms with van der Waals surface area (Å²) in [6.45, 7) is 0. The van der Waals surface area contributed by atoms with Crippen molar-refractivity contribution in [2.45, 2.75) is 0 Å². The average molecular weight is 206 g/mol.